The number of nitrogens with zero attached hydrogens (tertiary/aromatic N) is 3. The highest BCUT2D eigenvalue weighted by Gasteiger charge is 2.45. The average Bonchev–Trinajstić information content (AvgIpc) is 2.89. The smallest absolute Gasteiger partial charge is 0.326 e. The Kier molecular flexibility index (Phi) is 3.22. The lowest BCUT2D eigenvalue weighted by Crippen LogP contribution is -2.68. The van der Waals surface area contributed by atoms with Crippen LogP contribution in [0.15, 0.2) is 30.3 Å². The van der Waals surface area contributed by atoms with Crippen LogP contribution in [0.5, 0.6) is 0 Å². The molecule has 0 spiro atoms. The number of carbonyl (C=O) groups is 3. The van der Waals surface area contributed by atoms with Crippen molar-refractivity contribution in [1.82, 2.24) is 15.3 Å². The average molecular weight is 289 g/mol. The molecule has 0 bridgehead atoms. The fraction of sp³-hybridized carbons (Fsp3) is 0.308. The molecule has 1 unspecified atom stereocenters. The third-order valence-electron chi connectivity index (χ3n) is 3.53. The maximum Gasteiger partial charge on any atom is 0.326 e. The van der Waals surface area contributed by atoms with E-state index in [9.17, 15) is 14.4 Å². The summed E-state index contributed by atoms with van der Waals surface area (Å²) in [6, 6.07) is 9.54. The number of nitrogens with one attached hydrogen (secondary N) is 1. The number of benzene rings is 1. The molecule has 1 aromatic carbocycles. The molecule has 8 nitrogen and oxygen atoms in total. The number of rotatable bonds is 3. The number of nitrogens with two attached hydrogens (primary N) is 1. The van der Waals surface area contributed by atoms with Crippen molar-refractivity contribution in [2.75, 3.05) is 24.5 Å². The molecule has 3 amide bonds. The van der Waals surface area contributed by atoms with Crippen LogP contribution in [0.25, 0.3) is 0 Å². The fourth-order valence-corrected chi connectivity index (χ4v) is 2.58. The van der Waals surface area contributed by atoms with Crippen molar-refractivity contribution in [2.45, 2.75) is 6.29 Å². The summed E-state index contributed by atoms with van der Waals surface area (Å²) in [7, 11) is 0. The topological polar surface area (TPSA) is 99.0 Å². The lowest BCUT2D eigenvalue weighted by atomic mass is 10.3. The van der Waals surface area contributed by atoms with Crippen molar-refractivity contribution < 1.29 is 14.4 Å². The van der Waals surface area contributed by atoms with Crippen LogP contribution >= 0.6 is 0 Å². The van der Waals surface area contributed by atoms with Gasteiger partial charge in [0.2, 0.25) is 5.91 Å². The first-order valence-corrected chi connectivity index (χ1v) is 6.56. The van der Waals surface area contributed by atoms with Gasteiger partial charge in [0.1, 0.15) is 6.54 Å². The summed E-state index contributed by atoms with van der Waals surface area (Å²) in [5, 5.41) is 0.979. The second kappa shape index (κ2) is 5.06. The molecule has 2 heterocycles. The van der Waals surface area contributed by atoms with Crippen LogP contribution in [0, 0.1) is 0 Å². The van der Waals surface area contributed by atoms with Crippen LogP contribution in [0.2, 0.25) is 0 Å². The van der Waals surface area contributed by atoms with Crippen molar-refractivity contribution >= 4 is 23.4 Å². The van der Waals surface area contributed by atoms with Gasteiger partial charge in [0.25, 0.3) is 0 Å². The van der Waals surface area contributed by atoms with Crippen molar-refractivity contribution in [3.05, 3.63) is 30.3 Å². The molecule has 8 heteroatoms. The Morgan fingerprint density at radius 2 is 1.81 bits per heavy atom. The van der Waals surface area contributed by atoms with E-state index in [2.05, 4.69) is 5.43 Å². The van der Waals surface area contributed by atoms with Crippen LogP contribution in [-0.2, 0) is 14.4 Å². The summed E-state index contributed by atoms with van der Waals surface area (Å²) in [4.78, 5) is 38.4. The Balaban J connectivity index is 1.86. The normalized spacial score (nSPS) is 21.7. The zero-order valence-corrected chi connectivity index (χ0v) is 11.2. The summed E-state index contributed by atoms with van der Waals surface area (Å²) in [6.45, 7) is 0.713. The first-order valence-electron chi connectivity index (χ1n) is 6.56. The van der Waals surface area contributed by atoms with Crippen LogP contribution in [0.1, 0.15) is 0 Å². The standard InChI is InChI=1S/C13H15N5O3/c14-10(19)8-18-12(21)11(20)17-7-6-16(13(17)15-18)9-4-2-1-3-5-9/h1-5,13,15H,6-8H2,(H2,14,19). The Labute approximate surface area is 121 Å². The number of hydrogen-bond acceptors (Lipinski definition) is 5. The molecule has 2 fully saturated rings. The highest BCUT2D eigenvalue weighted by Crippen LogP contribution is 2.24. The molecule has 3 rings (SSSR count). The van der Waals surface area contributed by atoms with E-state index in [1.165, 1.54) is 4.90 Å². The molecule has 0 aliphatic carbocycles. The van der Waals surface area contributed by atoms with Gasteiger partial charge in [-0.15, -0.1) is 0 Å². The van der Waals surface area contributed by atoms with Crippen LogP contribution < -0.4 is 16.1 Å². The van der Waals surface area contributed by atoms with E-state index >= 15 is 0 Å². The molecule has 21 heavy (non-hydrogen) atoms. The molecule has 110 valence electrons. The van der Waals surface area contributed by atoms with Gasteiger partial charge in [0.15, 0.2) is 6.29 Å². The van der Waals surface area contributed by atoms with Gasteiger partial charge in [0, 0.05) is 18.8 Å². The molecule has 0 saturated carbocycles. The van der Waals surface area contributed by atoms with Gasteiger partial charge in [-0.3, -0.25) is 24.3 Å². The number of carbonyl (C=O) groups excluding carboxylic acids is 3. The van der Waals surface area contributed by atoms with Gasteiger partial charge in [-0.25, -0.2) is 0 Å². The summed E-state index contributed by atoms with van der Waals surface area (Å²) in [5.74, 6) is -2.07. The molecule has 0 aromatic heterocycles. The van der Waals surface area contributed by atoms with E-state index in [0.29, 0.717) is 13.1 Å². The van der Waals surface area contributed by atoms with Gasteiger partial charge < -0.3 is 10.6 Å². The van der Waals surface area contributed by atoms with Crippen LogP contribution in [0.3, 0.4) is 0 Å². The summed E-state index contributed by atoms with van der Waals surface area (Å²) < 4.78 is 0. The Morgan fingerprint density at radius 3 is 2.48 bits per heavy atom. The lowest BCUT2D eigenvalue weighted by Gasteiger charge is -2.39. The van der Waals surface area contributed by atoms with E-state index in [-0.39, 0.29) is 6.54 Å². The maximum atomic E-state index is 12.1. The zero-order chi connectivity index (χ0) is 15.0. The minimum absolute atomic E-state index is 0.336. The maximum absolute atomic E-state index is 12.1. The largest absolute Gasteiger partial charge is 0.368 e. The van der Waals surface area contributed by atoms with Gasteiger partial charge in [0.05, 0.1) is 0 Å². The predicted octanol–water partition coefficient (Wildman–Crippen LogP) is -1.55. The molecule has 2 saturated heterocycles. The van der Waals surface area contributed by atoms with E-state index in [0.717, 1.165) is 10.7 Å². The van der Waals surface area contributed by atoms with Crippen LogP contribution in [-0.4, -0.2) is 53.6 Å². The third kappa shape index (κ3) is 2.29. The number of amides is 3. The number of para-hydroxylation sites is 1. The van der Waals surface area contributed by atoms with E-state index in [1.807, 2.05) is 35.2 Å². The van der Waals surface area contributed by atoms with Crippen molar-refractivity contribution in [2.24, 2.45) is 5.73 Å². The second-order valence-corrected chi connectivity index (χ2v) is 4.89. The zero-order valence-electron chi connectivity index (χ0n) is 11.2. The molecule has 2 aliphatic rings. The monoisotopic (exact) mass is 289 g/mol. The number of hydrogen-bond donors (Lipinski definition) is 2. The van der Waals surface area contributed by atoms with Gasteiger partial charge in [-0.05, 0) is 12.1 Å². The molecule has 1 aromatic rings. The minimum Gasteiger partial charge on any atom is -0.368 e. The second-order valence-electron chi connectivity index (χ2n) is 4.89. The number of primary amides is 1. The minimum atomic E-state index is -0.764. The van der Waals surface area contributed by atoms with Gasteiger partial charge >= 0.3 is 11.8 Å². The Morgan fingerprint density at radius 1 is 1.14 bits per heavy atom. The number of anilines is 1. The quantitative estimate of drug-likeness (QED) is 0.656. The first kappa shape index (κ1) is 13.4. The first-order chi connectivity index (χ1) is 10.1. The summed E-state index contributed by atoms with van der Waals surface area (Å²) in [5.41, 5.74) is 8.92. The third-order valence-corrected chi connectivity index (χ3v) is 3.53. The molecule has 3 N–H and O–H groups in total. The van der Waals surface area contributed by atoms with Crippen molar-refractivity contribution in [3.63, 3.8) is 0 Å². The highest BCUT2D eigenvalue weighted by atomic mass is 16.2. The number of hydrazine groups is 1. The summed E-state index contributed by atoms with van der Waals surface area (Å²) >= 11 is 0. The SMILES string of the molecule is NC(=O)CN1NC2N(CCN2c2ccccc2)C(=O)C1=O. The van der Waals surface area contributed by atoms with Crippen molar-refractivity contribution in [3.8, 4) is 0 Å². The highest BCUT2D eigenvalue weighted by molar-refractivity contribution is 6.35. The Hall–Kier alpha value is -2.61. The van der Waals surface area contributed by atoms with E-state index in [4.69, 9.17) is 5.73 Å². The fourth-order valence-electron chi connectivity index (χ4n) is 2.58. The molecular weight excluding hydrogens is 274 g/mol. The molecule has 2 aliphatic heterocycles. The summed E-state index contributed by atoms with van der Waals surface area (Å²) in [6.07, 6.45) is -0.489. The predicted molar refractivity (Wildman–Crippen MR) is 73.3 cm³/mol. The molecular formula is C13H15N5O3. The molecule has 1 atom stereocenters. The Bertz CT molecular complexity index is 591. The van der Waals surface area contributed by atoms with E-state index in [1.54, 1.807) is 0 Å². The van der Waals surface area contributed by atoms with Crippen molar-refractivity contribution in [1.29, 1.82) is 0 Å². The van der Waals surface area contributed by atoms with E-state index < -0.39 is 24.0 Å². The van der Waals surface area contributed by atoms with Gasteiger partial charge in [-0.2, -0.15) is 5.43 Å². The lowest BCUT2D eigenvalue weighted by molar-refractivity contribution is -0.163. The van der Waals surface area contributed by atoms with Crippen LogP contribution in [0.4, 0.5) is 5.69 Å². The number of fused-ring (bicyclic) bond motifs is 1. The molecule has 0 radical (unpaired) electrons. The van der Waals surface area contributed by atoms with Gasteiger partial charge in [-0.1, -0.05) is 18.2 Å².